The summed E-state index contributed by atoms with van der Waals surface area (Å²) < 4.78 is 13.1. The highest BCUT2D eigenvalue weighted by Gasteiger charge is 2.24. The number of nitrogens with one attached hydrogen (secondary N) is 1. The number of halogens is 1. The molecule has 3 rings (SSSR count). The van der Waals surface area contributed by atoms with E-state index in [1.54, 1.807) is 25.1 Å². The largest absolute Gasteiger partial charge is 0.370 e. The maximum atomic E-state index is 13.1. The van der Waals surface area contributed by atoms with Gasteiger partial charge in [0.1, 0.15) is 23.2 Å². The lowest BCUT2D eigenvalue weighted by molar-refractivity contribution is 0.0740. The molecule has 0 bridgehead atoms. The smallest absolute Gasteiger partial charge is 0.272 e. The molecule has 6 nitrogen and oxygen atoms in total. The maximum Gasteiger partial charge on any atom is 0.272 e. The van der Waals surface area contributed by atoms with Gasteiger partial charge >= 0.3 is 0 Å². The summed E-state index contributed by atoms with van der Waals surface area (Å²) in [6.07, 6.45) is 1.04. The number of benzene rings is 1. The number of hydrogen-bond acceptors (Lipinski definition) is 5. The van der Waals surface area contributed by atoms with Crippen molar-refractivity contribution in [3.63, 3.8) is 0 Å². The zero-order valence-corrected chi connectivity index (χ0v) is 16.8. The summed E-state index contributed by atoms with van der Waals surface area (Å²) in [6.45, 7) is 9.60. The van der Waals surface area contributed by atoms with Crippen LogP contribution in [0.1, 0.15) is 36.6 Å². The zero-order chi connectivity index (χ0) is 20.1. The Morgan fingerprint density at radius 1 is 1.14 bits per heavy atom. The van der Waals surface area contributed by atoms with Gasteiger partial charge < -0.3 is 15.1 Å². The van der Waals surface area contributed by atoms with Gasteiger partial charge in [0.25, 0.3) is 5.91 Å². The van der Waals surface area contributed by atoms with Crippen molar-refractivity contribution in [2.24, 2.45) is 5.92 Å². The van der Waals surface area contributed by atoms with Crippen molar-refractivity contribution in [1.29, 1.82) is 0 Å². The van der Waals surface area contributed by atoms with E-state index in [1.807, 2.05) is 4.90 Å². The van der Waals surface area contributed by atoms with Gasteiger partial charge in [-0.3, -0.25) is 4.79 Å². The molecule has 1 aliphatic rings. The van der Waals surface area contributed by atoms with Crippen LogP contribution < -0.4 is 10.2 Å². The Bertz CT molecular complexity index is 801. The molecule has 2 heterocycles. The van der Waals surface area contributed by atoms with E-state index in [0.717, 1.165) is 18.7 Å². The molecule has 1 N–H and O–H groups in total. The van der Waals surface area contributed by atoms with Crippen molar-refractivity contribution in [1.82, 2.24) is 14.9 Å². The first-order valence-electron chi connectivity index (χ1n) is 9.81. The average Bonchev–Trinajstić information content (AvgIpc) is 2.67. The standard InChI is InChI=1S/C21H28FN5O/c1-15(2)8-9-23-20-14-19(24-16(3)25-20)21(28)27-12-10-26(11-13-27)18-6-4-17(22)5-7-18/h4-7,14-15H,8-13H2,1-3H3,(H,23,24,25). The molecular weight excluding hydrogens is 357 g/mol. The third-order valence-electron chi connectivity index (χ3n) is 4.84. The van der Waals surface area contributed by atoms with Crippen molar-refractivity contribution in [3.8, 4) is 0 Å². The minimum atomic E-state index is -0.241. The Hall–Kier alpha value is -2.70. The lowest BCUT2D eigenvalue weighted by Crippen LogP contribution is -2.49. The number of carbonyl (C=O) groups is 1. The van der Waals surface area contributed by atoms with Gasteiger partial charge in [-0.25, -0.2) is 14.4 Å². The predicted molar refractivity (Wildman–Crippen MR) is 109 cm³/mol. The van der Waals surface area contributed by atoms with Gasteiger partial charge in [0.15, 0.2) is 0 Å². The summed E-state index contributed by atoms with van der Waals surface area (Å²) in [5, 5.41) is 3.29. The van der Waals surface area contributed by atoms with Crippen LogP contribution in [-0.2, 0) is 0 Å². The summed E-state index contributed by atoms with van der Waals surface area (Å²) >= 11 is 0. The second kappa shape index (κ2) is 8.99. The maximum absolute atomic E-state index is 13.1. The van der Waals surface area contributed by atoms with Gasteiger partial charge in [0.2, 0.25) is 0 Å². The molecule has 1 aliphatic heterocycles. The van der Waals surface area contributed by atoms with Crippen LogP contribution in [0.5, 0.6) is 0 Å². The first-order valence-corrected chi connectivity index (χ1v) is 9.81. The molecule has 1 fully saturated rings. The summed E-state index contributed by atoms with van der Waals surface area (Å²) in [5.41, 5.74) is 1.40. The van der Waals surface area contributed by atoms with Gasteiger partial charge in [-0.1, -0.05) is 13.8 Å². The van der Waals surface area contributed by atoms with Crippen molar-refractivity contribution >= 4 is 17.4 Å². The molecule has 150 valence electrons. The van der Waals surface area contributed by atoms with Crippen molar-refractivity contribution < 1.29 is 9.18 Å². The van der Waals surface area contributed by atoms with Crippen LogP contribution in [0, 0.1) is 18.7 Å². The highest BCUT2D eigenvalue weighted by Crippen LogP contribution is 2.18. The van der Waals surface area contributed by atoms with Gasteiger partial charge in [0.05, 0.1) is 0 Å². The fourth-order valence-corrected chi connectivity index (χ4v) is 3.24. The molecule has 0 unspecified atom stereocenters. The highest BCUT2D eigenvalue weighted by molar-refractivity contribution is 5.93. The Kier molecular flexibility index (Phi) is 6.44. The number of aryl methyl sites for hydroxylation is 1. The third-order valence-corrected chi connectivity index (χ3v) is 4.84. The second-order valence-electron chi connectivity index (χ2n) is 7.55. The number of aromatic nitrogens is 2. The SMILES string of the molecule is Cc1nc(NCCC(C)C)cc(C(=O)N2CCN(c3ccc(F)cc3)CC2)n1. The van der Waals surface area contributed by atoms with Crippen molar-refractivity contribution in [3.05, 3.63) is 47.7 Å². The zero-order valence-electron chi connectivity index (χ0n) is 16.8. The van der Waals surface area contributed by atoms with E-state index in [0.29, 0.717) is 49.4 Å². The van der Waals surface area contributed by atoms with E-state index in [1.165, 1.54) is 12.1 Å². The molecule has 0 radical (unpaired) electrons. The monoisotopic (exact) mass is 385 g/mol. The topological polar surface area (TPSA) is 61.4 Å². The number of anilines is 2. The average molecular weight is 385 g/mol. The van der Waals surface area contributed by atoms with Crippen molar-refractivity contribution in [2.75, 3.05) is 42.9 Å². The van der Waals surface area contributed by atoms with Crippen LogP contribution in [0.15, 0.2) is 30.3 Å². The van der Waals surface area contributed by atoms with Gasteiger partial charge in [-0.05, 0) is 43.5 Å². The molecule has 2 aromatic rings. The Balaban J connectivity index is 1.61. The Morgan fingerprint density at radius 3 is 2.46 bits per heavy atom. The summed E-state index contributed by atoms with van der Waals surface area (Å²) in [4.78, 5) is 25.6. The predicted octanol–water partition coefficient (Wildman–Crippen LogP) is 3.34. The number of carbonyl (C=O) groups excluding carboxylic acids is 1. The first kappa shape index (κ1) is 20.0. The van der Waals surface area contributed by atoms with Crippen LogP contribution in [0.25, 0.3) is 0 Å². The van der Waals surface area contributed by atoms with Crippen LogP contribution in [0.4, 0.5) is 15.9 Å². The molecule has 7 heteroatoms. The molecule has 28 heavy (non-hydrogen) atoms. The summed E-state index contributed by atoms with van der Waals surface area (Å²) in [6, 6.07) is 8.21. The molecule has 1 saturated heterocycles. The lowest BCUT2D eigenvalue weighted by Gasteiger charge is -2.36. The molecule has 1 amide bonds. The number of nitrogens with zero attached hydrogens (tertiary/aromatic N) is 4. The second-order valence-corrected chi connectivity index (χ2v) is 7.55. The molecule has 0 spiro atoms. The van der Waals surface area contributed by atoms with Crippen LogP contribution in [-0.4, -0.2) is 53.5 Å². The minimum absolute atomic E-state index is 0.0730. The molecule has 0 aliphatic carbocycles. The molecular formula is C21H28FN5O. The van der Waals surface area contributed by atoms with E-state index < -0.39 is 0 Å². The first-order chi connectivity index (χ1) is 13.4. The number of piperazine rings is 1. The van der Waals surface area contributed by atoms with Crippen LogP contribution >= 0.6 is 0 Å². The summed E-state index contributed by atoms with van der Waals surface area (Å²) in [5.74, 6) is 1.57. The number of hydrogen-bond donors (Lipinski definition) is 1. The third kappa shape index (κ3) is 5.18. The van der Waals surface area contributed by atoms with Gasteiger partial charge in [-0.2, -0.15) is 0 Å². The minimum Gasteiger partial charge on any atom is -0.370 e. The lowest BCUT2D eigenvalue weighted by atomic mass is 10.1. The number of amides is 1. The van der Waals surface area contributed by atoms with E-state index in [-0.39, 0.29) is 11.7 Å². The van der Waals surface area contributed by atoms with Gasteiger partial charge in [0, 0.05) is 44.5 Å². The Labute approximate surface area is 165 Å². The fraction of sp³-hybridized carbons (Fsp3) is 0.476. The molecule has 0 saturated carbocycles. The quantitative estimate of drug-likeness (QED) is 0.826. The van der Waals surface area contributed by atoms with E-state index in [2.05, 4.69) is 34.0 Å². The summed E-state index contributed by atoms with van der Waals surface area (Å²) in [7, 11) is 0. The van der Waals surface area contributed by atoms with Crippen LogP contribution in [0.2, 0.25) is 0 Å². The Morgan fingerprint density at radius 2 is 1.82 bits per heavy atom. The fourth-order valence-electron chi connectivity index (χ4n) is 3.24. The molecule has 0 atom stereocenters. The van der Waals surface area contributed by atoms with Gasteiger partial charge in [-0.15, -0.1) is 0 Å². The van der Waals surface area contributed by atoms with E-state index >= 15 is 0 Å². The molecule has 1 aromatic heterocycles. The molecule has 1 aromatic carbocycles. The van der Waals surface area contributed by atoms with Crippen molar-refractivity contribution in [2.45, 2.75) is 27.2 Å². The van der Waals surface area contributed by atoms with E-state index in [9.17, 15) is 9.18 Å². The van der Waals surface area contributed by atoms with E-state index in [4.69, 9.17) is 0 Å². The van der Waals surface area contributed by atoms with Crippen LogP contribution in [0.3, 0.4) is 0 Å². The highest BCUT2D eigenvalue weighted by atomic mass is 19.1. The normalized spacial score (nSPS) is 14.5. The number of rotatable bonds is 6.